The molecule has 0 fully saturated rings. The Morgan fingerprint density at radius 2 is 1.95 bits per heavy atom. The highest BCUT2D eigenvalue weighted by Gasteiger charge is 2.23. The van der Waals surface area contributed by atoms with Gasteiger partial charge in [0.15, 0.2) is 5.82 Å². The van der Waals surface area contributed by atoms with E-state index < -0.39 is 25.7 Å². The summed E-state index contributed by atoms with van der Waals surface area (Å²) in [4.78, 5) is 11.3. The number of nitrogens with one attached hydrogen (secondary N) is 1. The molecule has 1 aromatic rings. The number of amides is 1. The molecule has 0 radical (unpaired) electrons. The molecule has 0 aliphatic rings. The summed E-state index contributed by atoms with van der Waals surface area (Å²) in [5.41, 5.74) is -0.342. The van der Waals surface area contributed by atoms with Gasteiger partial charge in [-0.25, -0.2) is 12.8 Å². The highest BCUT2D eigenvalue weighted by Crippen LogP contribution is 2.26. The van der Waals surface area contributed by atoms with E-state index in [1.807, 2.05) is 20.8 Å². The minimum atomic E-state index is -4.27. The molecule has 0 aromatic heterocycles. The minimum absolute atomic E-state index is 0.0216. The highest BCUT2D eigenvalue weighted by molar-refractivity contribution is 9.10. The quantitative estimate of drug-likeness (QED) is 0.784. The lowest BCUT2D eigenvalue weighted by atomic mass is 9.92. The van der Waals surface area contributed by atoms with Gasteiger partial charge in [0.2, 0.25) is 0 Å². The lowest BCUT2D eigenvalue weighted by molar-refractivity contribution is 0.0945. The molecule has 0 spiro atoms. The second-order valence-electron chi connectivity index (χ2n) is 5.77. The average molecular weight is 401 g/mol. The Bertz CT molecular complexity index is 656. The Morgan fingerprint density at radius 1 is 1.38 bits per heavy atom. The summed E-state index contributed by atoms with van der Waals surface area (Å²) in [5, 5.41) is 2.56. The van der Waals surface area contributed by atoms with Crippen molar-refractivity contribution in [1.82, 2.24) is 5.32 Å². The largest absolute Gasteiger partial charge is 0.352 e. The van der Waals surface area contributed by atoms with Crippen molar-refractivity contribution < 1.29 is 17.6 Å². The van der Waals surface area contributed by atoms with Gasteiger partial charge in [0.1, 0.15) is 4.90 Å². The van der Waals surface area contributed by atoms with Gasteiger partial charge in [0, 0.05) is 21.7 Å². The van der Waals surface area contributed by atoms with Gasteiger partial charge >= 0.3 is 0 Å². The van der Waals surface area contributed by atoms with Gasteiger partial charge in [0.25, 0.3) is 15.0 Å². The standard InChI is InChI=1S/C13H16BrClFNO3S/c1-13(2,3)4-5-17-12(18)9-6-8(14)7-10(11(9)16)21(15,19)20/h6-7H,4-5H2,1-3H3,(H,17,18). The van der Waals surface area contributed by atoms with E-state index >= 15 is 0 Å². The number of hydrogen-bond acceptors (Lipinski definition) is 3. The van der Waals surface area contributed by atoms with Crippen LogP contribution in [0.4, 0.5) is 4.39 Å². The number of hydrogen-bond donors (Lipinski definition) is 1. The number of carbonyl (C=O) groups excluding carboxylic acids is 1. The van der Waals surface area contributed by atoms with Crippen LogP contribution in [0.25, 0.3) is 0 Å². The summed E-state index contributed by atoms with van der Waals surface area (Å²) in [5.74, 6) is -1.83. The minimum Gasteiger partial charge on any atom is -0.352 e. The normalized spacial score (nSPS) is 12.3. The van der Waals surface area contributed by atoms with Gasteiger partial charge in [0.05, 0.1) is 5.56 Å². The molecule has 1 amide bonds. The zero-order chi connectivity index (χ0) is 16.4. The molecular weight excluding hydrogens is 385 g/mol. The van der Waals surface area contributed by atoms with Crippen molar-refractivity contribution in [2.24, 2.45) is 5.41 Å². The lowest BCUT2D eigenvalue weighted by Gasteiger charge is -2.18. The van der Waals surface area contributed by atoms with Gasteiger partial charge < -0.3 is 5.32 Å². The van der Waals surface area contributed by atoms with Gasteiger partial charge in [-0.15, -0.1) is 0 Å². The zero-order valence-electron chi connectivity index (χ0n) is 11.8. The van der Waals surface area contributed by atoms with E-state index in [2.05, 4.69) is 21.2 Å². The maximum atomic E-state index is 14.1. The van der Waals surface area contributed by atoms with Crippen LogP contribution in [0.1, 0.15) is 37.6 Å². The smallest absolute Gasteiger partial charge is 0.264 e. The molecule has 0 saturated heterocycles. The number of benzene rings is 1. The van der Waals surface area contributed by atoms with Crippen LogP contribution in [-0.4, -0.2) is 20.9 Å². The Hall–Kier alpha value is -0.660. The topological polar surface area (TPSA) is 63.2 Å². The highest BCUT2D eigenvalue weighted by atomic mass is 79.9. The van der Waals surface area contributed by atoms with Crippen molar-refractivity contribution in [2.45, 2.75) is 32.1 Å². The number of carbonyl (C=O) groups is 1. The predicted molar refractivity (Wildman–Crippen MR) is 83.5 cm³/mol. The van der Waals surface area contributed by atoms with Gasteiger partial charge in [-0.2, -0.15) is 0 Å². The molecule has 118 valence electrons. The Morgan fingerprint density at radius 3 is 2.43 bits per heavy atom. The van der Waals surface area contributed by atoms with Crippen LogP contribution in [-0.2, 0) is 9.05 Å². The fourth-order valence-electron chi connectivity index (χ4n) is 1.55. The maximum Gasteiger partial charge on any atom is 0.264 e. The molecule has 0 aliphatic carbocycles. The lowest BCUT2D eigenvalue weighted by Crippen LogP contribution is -2.28. The third-order valence-corrected chi connectivity index (χ3v) is 4.45. The molecule has 0 bridgehead atoms. The van der Waals surface area contributed by atoms with Crippen LogP contribution >= 0.6 is 26.6 Å². The number of halogens is 3. The van der Waals surface area contributed by atoms with Crippen molar-refractivity contribution in [3.8, 4) is 0 Å². The molecule has 21 heavy (non-hydrogen) atoms. The molecule has 1 N–H and O–H groups in total. The molecule has 0 saturated carbocycles. The molecule has 1 aromatic carbocycles. The first-order chi connectivity index (χ1) is 9.42. The first-order valence-electron chi connectivity index (χ1n) is 6.14. The molecular formula is C13H16BrClFNO3S. The number of rotatable bonds is 4. The van der Waals surface area contributed by atoms with Crippen molar-refractivity contribution in [1.29, 1.82) is 0 Å². The van der Waals surface area contributed by atoms with E-state index in [-0.39, 0.29) is 15.5 Å². The van der Waals surface area contributed by atoms with E-state index in [0.29, 0.717) is 13.0 Å². The zero-order valence-corrected chi connectivity index (χ0v) is 15.0. The van der Waals surface area contributed by atoms with E-state index in [1.54, 1.807) is 0 Å². The van der Waals surface area contributed by atoms with E-state index in [0.717, 1.165) is 6.07 Å². The van der Waals surface area contributed by atoms with Crippen molar-refractivity contribution in [3.05, 3.63) is 28.0 Å². The van der Waals surface area contributed by atoms with E-state index in [9.17, 15) is 17.6 Å². The maximum absolute atomic E-state index is 14.1. The first kappa shape index (κ1) is 18.4. The van der Waals surface area contributed by atoms with Crippen LogP contribution in [0, 0.1) is 11.2 Å². The van der Waals surface area contributed by atoms with Crippen LogP contribution in [0.5, 0.6) is 0 Å². The van der Waals surface area contributed by atoms with Crippen molar-refractivity contribution in [2.75, 3.05) is 6.54 Å². The molecule has 0 aliphatic heterocycles. The summed E-state index contributed by atoms with van der Waals surface area (Å²) >= 11 is 3.04. The van der Waals surface area contributed by atoms with Gasteiger partial charge in [-0.05, 0) is 24.0 Å². The SMILES string of the molecule is CC(C)(C)CCNC(=O)c1cc(Br)cc(S(=O)(=O)Cl)c1F. The second-order valence-corrected chi connectivity index (χ2v) is 9.22. The van der Waals surface area contributed by atoms with Crippen LogP contribution in [0.2, 0.25) is 0 Å². The van der Waals surface area contributed by atoms with Crippen LogP contribution in [0.15, 0.2) is 21.5 Å². The Kier molecular flexibility index (Phi) is 5.80. The van der Waals surface area contributed by atoms with Gasteiger partial charge in [-0.3, -0.25) is 4.79 Å². The van der Waals surface area contributed by atoms with E-state index in [1.165, 1.54) is 6.07 Å². The van der Waals surface area contributed by atoms with E-state index in [4.69, 9.17) is 10.7 Å². The van der Waals surface area contributed by atoms with Gasteiger partial charge in [-0.1, -0.05) is 36.7 Å². The molecule has 8 heteroatoms. The molecule has 0 heterocycles. The second kappa shape index (κ2) is 6.62. The van der Waals surface area contributed by atoms with Crippen LogP contribution < -0.4 is 5.32 Å². The van der Waals surface area contributed by atoms with Crippen molar-refractivity contribution in [3.63, 3.8) is 0 Å². The first-order valence-corrected chi connectivity index (χ1v) is 9.24. The average Bonchev–Trinajstić information content (AvgIpc) is 2.28. The Labute approximate surface area is 136 Å². The predicted octanol–water partition coefficient (Wildman–Crippen LogP) is 3.68. The summed E-state index contributed by atoms with van der Waals surface area (Å²) < 4.78 is 37.0. The summed E-state index contributed by atoms with van der Waals surface area (Å²) in [7, 11) is 0.888. The fourth-order valence-corrected chi connectivity index (χ4v) is 3.09. The third-order valence-electron chi connectivity index (χ3n) is 2.67. The fraction of sp³-hybridized carbons (Fsp3) is 0.462. The monoisotopic (exact) mass is 399 g/mol. The molecule has 1 rings (SSSR count). The molecule has 0 atom stereocenters. The van der Waals surface area contributed by atoms with Crippen LogP contribution in [0.3, 0.4) is 0 Å². The van der Waals surface area contributed by atoms with Crippen molar-refractivity contribution >= 4 is 41.6 Å². The third kappa shape index (κ3) is 5.56. The summed E-state index contributed by atoms with van der Waals surface area (Å²) in [6.45, 7) is 6.39. The molecule has 0 unspecified atom stereocenters. The Balaban J connectivity index is 3.03. The summed E-state index contributed by atoms with van der Waals surface area (Å²) in [6, 6.07) is 2.23. The molecule has 4 nitrogen and oxygen atoms in total. The summed E-state index contributed by atoms with van der Waals surface area (Å²) in [6.07, 6.45) is 0.703.